The fraction of sp³-hybridized carbons (Fsp3) is 0.500. The average molecular weight is 315 g/mol. The van der Waals surface area contributed by atoms with Gasteiger partial charge in [0.25, 0.3) is 5.91 Å². The molecular formula is C16H21N5O2. The van der Waals surface area contributed by atoms with Gasteiger partial charge in [-0.05, 0) is 42.3 Å². The van der Waals surface area contributed by atoms with Crippen molar-refractivity contribution >= 4 is 5.91 Å². The third-order valence-electron chi connectivity index (χ3n) is 4.07. The topological polar surface area (TPSA) is 81.9 Å². The highest BCUT2D eigenvalue weighted by molar-refractivity contribution is 5.96. The standard InChI is InChI=1S/C16H21N5O2/c1-2-23-14-10-6-5-9-13(14)16(22)17-11-15-18-19-20-21(15)12-7-3-4-8-12/h5-6,9-10,12H,2-4,7-8,11H2,1H3,(H,17,22). The Balaban J connectivity index is 1.67. The average Bonchev–Trinajstić information content (AvgIpc) is 3.24. The summed E-state index contributed by atoms with van der Waals surface area (Å²) >= 11 is 0. The molecule has 0 saturated heterocycles. The minimum Gasteiger partial charge on any atom is -0.493 e. The number of carbonyl (C=O) groups is 1. The number of aromatic nitrogens is 4. The summed E-state index contributed by atoms with van der Waals surface area (Å²) in [5.74, 6) is 1.09. The van der Waals surface area contributed by atoms with Crippen LogP contribution < -0.4 is 10.1 Å². The predicted octanol–water partition coefficient (Wildman–Crippen LogP) is 2.12. The van der Waals surface area contributed by atoms with Gasteiger partial charge in [-0.1, -0.05) is 25.0 Å². The molecule has 3 rings (SSSR count). The first-order valence-electron chi connectivity index (χ1n) is 8.06. The number of ether oxygens (including phenoxy) is 1. The molecule has 1 N–H and O–H groups in total. The Kier molecular flexibility index (Phi) is 4.85. The molecule has 7 nitrogen and oxygen atoms in total. The molecular weight excluding hydrogens is 294 g/mol. The Morgan fingerprint density at radius 1 is 1.35 bits per heavy atom. The number of rotatable bonds is 6. The maximum Gasteiger partial charge on any atom is 0.255 e. The highest BCUT2D eigenvalue weighted by atomic mass is 16.5. The number of nitrogens with zero attached hydrogens (tertiary/aromatic N) is 4. The molecule has 1 aliphatic rings. The van der Waals surface area contributed by atoms with E-state index in [0.29, 0.717) is 36.3 Å². The normalized spacial score (nSPS) is 14.8. The first-order chi connectivity index (χ1) is 11.3. The van der Waals surface area contributed by atoms with Gasteiger partial charge in [-0.2, -0.15) is 0 Å². The minimum absolute atomic E-state index is 0.185. The molecule has 0 atom stereocenters. The van der Waals surface area contributed by atoms with Crippen molar-refractivity contribution in [3.05, 3.63) is 35.7 Å². The van der Waals surface area contributed by atoms with Gasteiger partial charge in [0, 0.05) is 0 Å². The fourth-order valence-corrected chi connectivity index (χ4v) is 2.95. The molecule has 0 aliphatic heterocycles. The third kappa shape index (κ3) is 3.49. The van der Waals surface area contributed by atoms with Gasteiger partial charge < -0.3 is 10.1 Å². The van der Waals surface area contributed by atoms with E-state index >= 15 is 0 Å². The zero-order valence-corrected chi connectivity index (χ0v) is 13.2. The largest absolute Gasteiger partial charge is 0.493 e. The lowest BCUT2D eigenvalue weighted by Gasteiger charge is -2.13. The molecule has 0 spiro atoms. The molecule has 2 aromatic rings. The Morgan fingerprint density at radius 3 is 2.91 bits per heavy atom. The molecule has 1 heterocycles. The van der Waals surface area contributed by atoms with Crippen LogP contribution in [0.25, 0.3) is 0 Å². The number of tetrazole rings is 1. The van der Waals surface area contributed by atoms with Crippen molar-refractivity contribution in [2.24, 2.45) is 0 Å². The first kappa shape index (κ1) is 15.5. The Labute approximate surface area is 135 Å². The summed E-state index contributed by atoms with van der Waals surface area (Å²) in [6, 6.07) is 7.57. The zero-order valence-electron chi connectivity index (χ0n) is 13.2. The van der Waals surface area contributed by atoms with E-state index in [-0.39, 0.29) is 5.91 Å². The maximum atomic E-state index is 12.4. The number of hydrogen-bond acceptors (Lipinski definition) is 5. The summed E-state index contributed by atoms with van der Waals surface area (Å²) in [5, 5.41) is 14.7. The third-order valence-corrected chi connectivity index (χ3v) is 4.07. The highest BCUT2D eigenvalue weighted by Gasteiger charge is 2.22. The van der Waals surface area contributed by atoms with Crippen molar-refractivity contribution in [1.29, 1.82) is 0 Å². The van der Waals surface area contributed by atoms with E-state index < -0.39 is 0 Å². The van der Waals surface area contributed by atoms with Gasteiger partial charge in [-0.25, -0.2) is 4.68 Å². The lowest BCUT2D eigenvalue weighted by Crippen LogP contribution is -2.26. The summed E-state index contributed by atoms with van der Waals surface area (Å²) < 4.78 is 7.34. The Morgan fingerprint density at radius 2 is 2.13 bits per heavy atom. The highest BCUT2D eigenvalue weighted by Crippen LogP contribution is 2.29. The number of carbonyl (C=O) groups excluding carboxylic acids is 1. The van der Waals surface area contributed by atoms with Crippen molar-refractivity contribution in [1.82, 2.24) is 25.5 Å². The van der Waals surface area contributed by atoms with Gasteiger partial charge in [0.15, 0.2) is 5.82 Å². The van der Waals surface area contributed by atoms with E-state index in [4.69, 9.17) is 4.74 Å². The lowest BCUT2D eigenvalue weighted by molar-refractivity contribution is 0.0945. The van der Waals surface area contributed by atoms with Gasteiger partial charge in [-0.3, -0.25) is 4.79 Å². The van der Waals surface area contributed by atoms with Crippen LogP contribution in [-0.2, 0) is 6.54 Å². The number of nitrogens with one attached hydrogen (secondary N) is 1. The quantitative estimate of drug-likeness (QED) is 0.883. The second kappa shape index (κ2) is 7.21. The zero-order chi connectivity index (χ0) is 16.1. The van der Waals surface area contributed by atoms with Crippen molar-refractivity contribution in [3.63, 3.8) is 0 Å². The second-order valence-corrected chi connectivity index (χ2v) is 5.59. The smallest absolute Gasteiger partial charge is 0.255 e. The van der Waals surface area contributed by atoms with E-state index in [9.17, 15) is 4.79 Å². The number of benzene rings is 1. The van der Waals surface area contributed by atoms with Crippen molar-refractivity contribution < 1.29 is 9.53 Å². The summed E-state index contributed by atoms with van der Waals surface area (Å²) in [6.07, 6.45) is 4.61. The van der Waals surface area contributed by atoms with Gasteiger partial charge in [0.2, 0.25) is 0 Å². The van der Waals surface area contributed by atoms with Crippen molar-refractivity contribution in [3.8, 4) is 5.75 Å². The summed E-state index contributed by atoms with van der Waals surface area (Å²) in [6.45, 7) is 2.72. The second-order valence-electron chi connectivity index (χ2n) is 5.59. The summed E-state index contributed by atoms with van der Waals surface area (Å²) in [5.41, 5.74) is 0.522. The predicted molar refractivity (Wildman–Crippen MR) is 84.1 cm³/mol. The van der Waals surface area contributed by atoms with E-state index in [0.717, 1.165) is 12.8 Å². The molecule has 0 radical (unpaired) electrons. The van der Waals surface area contributed by atoms with E-state index in [2.05, 4.69) is 20.8 Å². The van der Waals surface area contributed by atoms with Crippen LogP contribution in [0.4, 0.5) is 0 Å². The number of hydrogen-bond donors (Lipinski definition) is 1. The Bertz CT molecular complexity index is 664. The van der Waals surface area contributed by atoms with Crippen molar-refractivity contribution in [2.45, 2.75) is 45.2 Å². The van der Waals surface area contributed by atoms with Crippen LogP contribution in [0.15, 0.2) is 24.3 Å². The molecule has 1 fully saturated rings. The van der Waals surface area contributed by atoms with Crippen LogP contribution in [-0.4, -0.2) is 32.7 Å². The van der Waals surface area contributed by atoms with Gasteiger partial charge >= 0.3 is 0 Å². The van der Waals surface area contributed by atoms with Crippen LogP contribution in [0.5, 0.6) is 5.75 Å². The number of amides is 1. The van der Waals surface area contributed by atoms with Crippen LogP contribution in [0, 0.1) is 0 Å². The van der Waals surface area contributed by atoms with Gasteiger partial charge in [-0.15, -0.1) is 5.10 Å². The molecule has 0 unspecified atom stereocenters. The van der Waals surface area contributed by atoms with E-state index in [1.54, 1.807) is 12.1 Å². The van der Waals surface area contributed by atoms with Crippen molar-refractivity contribution in [2.75, 3.05) is 6.61 Å². The monoisotopic (exact) mass is 315 g/mol. The molecule has 7 heteroatoms. The maximum absolute atomic E-state index is 12.4. The molecule has 122 valence electrons. The summed E-state index contributed by atoms with van der Waals surface area (Å²) in [4.78, 5) is 12.4. The Hall–Kier alpha value is -2.44. The minimum atomic E-state index is -0.185. The molecule has 0 bridgehead atoms. The number of para-hydroxylation sites is 1. The van der Waals surface area contributed by atoms with E-state index in [1.165, 1.54) is 12.8 Å². The summed E-state index contributed by atoms with van der Waals surface area (Å²) in [7, 11) is 0. The first-order valence-corrected chi connectivity index (χ1v) is 8.06. The SMILES string of the molecule is CCOc1ccccc1C(=O)NCc1nnnn1C1CCCC1. The van der Waals surface area contributed by atoms with Crippen LogP contribution in [0.1, 0.15) is 54.8 Å². The molecule has 1 saturated carbocycles. The molecule has 1 aromatic carbocycles. The van der Waals surface area contributed by atoms with E-state index in [1.807, 2.05) is 23.7 Å². The molecule has 1 aliphatic carbocycles. The molecule has 1 aromatic heterocycles. The fourth-order valence-electron chi connectivity index (χ4n) is 2.95. The molecule has 1 amide bonds. The molecule has 23 heavy (non-hydrogen) atoms. The van der Waals surface area contributed by atoms with Gasteiger partial charge in [0.1, 0.15) is 5.75 Å². The van der Waals surface area contributed by atoms with Crippen LogP contribution in [0.3, 0.4) is 0 Å². The van der Waals surface area contributed by atoms with Crippen LogP contribution in [0.2, 0.25) is 0 Å². The van der Waals surface area contributed by atoms with Gasteiger partial charge in [0.05, 0.1) is 24.8 Å². The van der Waals surface area contributed by atoms with Crippen LogP contribution >= 0.6 is 0 Å². The lowest BCUT2D eigenvalue weighted by atomic mass is 10.2.